The van der Waals surface area contributed by atoms with Gasteiger partial charge in [0, 0.05) is 35.2 Å². The molecule has 5 heteroatoms. The van der Waals surface area contributed by atoms with E-state index in [0.29, 0.717) is 5.92 Å². The summed E-state index contributed by atoms with van der Waals surface area (Å²) in [7, 11) is 1.86. The molecule has 0 fully saturated rings. The highest BCUT2D eigenvalue weighted by molar-refractivity contribution is 7.98. The van der Waals surface area contributed by atoms with Gasteiger partial charge in [-0.3, -0.25) is 4.79 Å². The first kappa shape index (κ1) is 17.0. The first-order valence-corrected chi connectivity index (χ1v) is 9.21. The second-order valence-corrected chi connectivity index (χ2v) is 7.86. The van der Waals surface area contributed by atoms with Crippen LogP contribution in [0.5, 0.6) is 0 Å². The van der Waals surface area contributed by atoms with Gasteiger partial charge in [-0.25, -0.2) is 4.98 Å². The van der Waals surface area contributed by atoms with Crippen LogP contribution in [0.2, 0.25) is 0 Å². The zero-order valence-corrected chi connectivity index (χ0v) is 15.1. The van der Waals surface area contributed by atoms with Gasteiger partial charge in [0.25, 0.3) is 5.91 Å². The van der Waals surface area contributed by atoms with Crippen LogP contribution in [-0.4, -0.2) is 29.4 Å². The van der Waals surface area contributed by atoms with E-state index in [2.05, 4.69) is 24.2 Å². The summed E-state index contributed by atoms with van der Waals surface area (Å²) in [6.45, 7) is 7.03. The van der Waals surface area contributed by atoms with E-state index in [1.165, 1.54) is 0 Å². The molecule has 0 aliphatic rings. The number of nitrogens with zero attached hydrogens (tertiary/aromatic N) is 2. The molecule has 0 saturated carbocycles. The maximum absolute atomic E-state index is 12.3. The molecular weight excluding hydrogens is 312 g/mol. The first-order chi connectivity index (χ1) is 10.5. The van der Waals surface area contributed by atoms with Gasteiger partial charge in [-0.2, -0.15) is 0 Å². The monoisotopic (exact) mass is 334 g/mol. The maximum atomic E-state index is 12.3. The smallest absolute Gasteiger partial charge is 0.253 e. The molecular formula is C17H22N2OS2. The summed E-state index contributed by atoms with van der Waals surface area (Å²) in [4.78, 5) is 19.7. The van der Waals surface area contributed by atoms with Crippen LogP contribution in [0.4, 0.5) is 0 Å². The fraction of sp³-hybridized carbons (Fsp3) is 0.412. The number of thioether (sulfide) groups is 1. The zero-order chi connectivity index (χ0) is 16.1. The van der Waals surface area contributed by atoms with Crippen molar-refractivity contribution in [1.82, 2.24) is 9.88 Å². The molecule has 0 radical (unpaired) electrons. The van der Waals surface area contributed by atoms with Crippen LogP contribution in [0.15, 0.2) is 34.5 Å². The number of aromatic nitrogens is 1. The summed E-state index contributed by atoms with van der Waals surface area (Å²) in [5.41, 5.74) is 1.86. The fourth-order valence-electron chi connectivity index (χ4n) is 2.18. The number of hydrogen-bond acceptors (Lipinski definition) is 4. The lowest BCUT2D eigenvalue weighted by molar-refractivity contribution is 0.0779. The van der Waals surface area contributed by atoms with Crippen molar-refractivity contribution in [3.05, 3.63) is 45.9 Å². The average Bonchev–Trinajstić information content (AvgIpc) is 2.90. The number of carbonyl (C=O) groups excluding carboxylic acids is 1. The molecule has 118 valence electrons. The Bertz CT molecular complexity index is 620. The topological polar surface area (TPSA) is 33.2 Å². The van der Waals surface area contributed by atoms with Gasteiger partial charge in [-0.05, 0) is 37.1 Å². The van der Waals surface area contributed by atoms with E-state index < -0.39 is 0 Å². The maximum Gasteiger partial charge on any atom is 0.253 e. The Balaban J connectivity index is 1.93. The molecule has 0 aliphatic heterocycles. The largest absolute Gasteiger partial charge is 0.341 e. The Labute approximate surface area is 140 Å². The van der Waals surface area contributed by atoms with Crippen molar-refractivity contribution >= 4 is 29.0 Å². The standard InChI is InChI=1S/C17H22N2OS2/c1-12(2)9-19(4)17(20)14-5-7-16(8-6-14)22-11-15-10-21-13(3)18-15/h5-8,10,12H,9,11H2,1-4H3. The van der Waals surface area contributed by atoms with Crippen molar-refractivity contribution in [2.24, 2.45) is 5.92 Å². The minimum atomic E-state index is 0.0837. The van der Waals surface area contributed by atoms with E-state index in [0.717, 1.165) is 33.5 Å². The van der Waals surface area contributed by atoms with Crippen molar-refractivity contribution in [1.29, 1.82) is 0 Å². The van der Waals surface area contributed by atoms with E-state index >= 15 is 0 Å². The van der Waals surface area contributed by atoms with Crippen molar-refractivity contribution in [2.45, 2.75) is 31.4 Å². The molecule has 3 nitrogen and oxygen atoms in total. The van der Waals surface area contributed by atoms with Crippen LogP contribution >= 0.6 is 23.1 Å². The molecule has 0 atom stereocenters. The Hall–Kier alpha value is -1.33. The molecule has 22 heavy (non-hydrogen) atoms. The quantitative estimate of drug-likeness (QED) is 0.731. The zero-order valence-electron chi connectivity index (χ0n) is 13.5. The highest BCUT2D eigenvalue weighted by Crippen LogP contribution is 2.24. The van der Waals surface area contributed by atoms with Gasteiger partial charge in [0.1, 0.15) is 0 Å². The number of benzene rings is 1. The SMILES string of the molecule is Cc1nc(CSc2ccc(C(=O)N(C)CC(C)C)cc2)cs1. The molecule has 1 aromatic carbocycles. The number of amides is 1. The van der Waals surface area contributed by atoms with E-state index in [9.17, 15) is 4.79 Å². The lowest BCUT2D eigenvalue weighted by Crippen LogP contribution is -2.30. The molecule has 0 saturated heterocycles. The fourth-order valence-corrected chi connectivity index (χ4v) is 3.69. The summed E-state index contributed by atoms with van der Waals surface area (Å²) >= 11 is 3.42. The van der Waals surface area contributed by atoms with E-state index in [4.69, 9.17) is 0 Å². The van der Waals surface area contributed by atoms with Crippen molar-refractivity contribution < 1.29 is 4.79 Å². The van der Waals surface area contributed by atoms with Gasteiger partial charge >= 0.3 is 0 Å². The van der Waals surface area contributed by atoms with Gasteiger partial charge in [0.05, 0.1) is 10.7 Å². The first-order valence-electron chi connectivity index (χ1n) is 7.35. The number of rotatable bonds is 6. The molecule has 2 aromatic rings. The molecule has 0 aliphatic carbocycles. The van der Waals surface area contributed by atoms with Crippen molar-refractivity contribution in [3.63, 3.8) is 0 Å². The Morgan fingerprint density at radius 1 is 1.32 bits per heavy atom. The second-order valence-electron chi connectivity index (χ2n) is 5.75. The van der Waals surface area contributed by atoms with Gasteiger partial charge < -0.3 is 4.90 Å². The molecule has 2 rings (SSSR count). The van der Waals surface area contributed by atoms with Crippen LogP contribution in [0.1, 0.15) is 34.9 Å². The summed E-state index contributed by atoms with van der Waals surface area (Å²) < 4.78 is 0. The third kappa shape index (κ3) is 4.85. The van der Waals surface area contributed by atoms with Crippen molar-refractivity contribution in [3.8, 4) is 0 Å². The molecule has 1 amide bonds. The van der Waals surface area contributed by atoms with Crippen LogP contribution < -0.4 is 0 Å². The van der Waals surface area contributed by atoms with E-state index in [-0.39, 0.29) is 5.91 Å². The summed E-state index contributed by atoms with van der Waals surface area (Å²) in [5.74, 6) is 1.43. The lowest BCUT2D eigenvalue weighted by atomic mass is 10.1. The minimum Gasteiger partial charge on any atom is -0.341 e. The van der Waals surface area contributed by atoms with Gasteiger partial charge in [0.2, 0.25) is 0 Å². The van der Waals surface area contributed by atoms with Crippen LogP contribution in [-0.2, 0) is 5.75 Å². The molecule has 1 aromatic heterocycles. The summed E-state index contributed by atoms with van der Waals surface area (Å²) in [5, 5.41) is 3.20. The predicted octanol–water partition coefficient (Wildman–Crippen LogP) is 4.47. The highest BCUT2D eigenvalue weighted by Gasteiger charge is 2.12. The summed E-state index contributed by atoms with van der Waals surface area (Å²) in [6.07, 6.45) is 0. The molecule has 0 N–H and O–H groups in total. The predicted molar refractivity (Wildman–Crippen MR) is 94.7 cm³/mol. The van der Waals surface area contributed by atoms with E-state index in [1.54, 1.807) is 28.0 Å². The minimum absolute atomic E-state index is 0.0837. The number of carbonyl (C=O) groups is 1. The Morgan fingerprint density at radius 3 is 2.55 bits per heavy atom. The third-order valence-corrected chi connectivity index (χ3v) is 5.01. The molecule has 0 spiro atoms. The number of hydrogen-bond donors (Lipinski definition) is 0. The Morgan fingerprint density at radius 2 is 2.00 bits per heavy atom. The number of thiazole rings is 1. The van der Waals surface area contributed by atoms with Gasteiger partial charge in [-0.1, -0.05) is 13.8 Å². The van der Waals surface area contributed by atoms with Crippen molar-refractivity contribution in [2.75, 3.05) is 13.6 Å². The summed E-state index contributed by atoms with van der Waals surface area (Å²) in [6, 6.07) is 7.85. The molecule has 0 bridgehead atoms. The highest BCUT2D eigenvalue weighted by atomic mass is 32.2. The van der Waals surface area contributed by atoms with Crippen LogP contribution in [0.25, 0.3) is 0 Å². The Kier molecular flexibility index (Phi) is 6.03. The normalized spacial score (nSPS) is 11.0. The average molecular weight is 335 g/mol. The van der Waals surface area contributed by atoms with E-state index in [1.807, 2.05) is 38.2 Å². The molecule has 0 unspecified atom stereocenters. The van der Waals surface area contributed by atoms with Gasteiger partial charge in [0.15, 0.2) is 0 Å². The van der Waals surface area contributed by atoms with Gasteiger partial charge in [-0.15, -0.1) is 23.1 Å². The lowest BCUT2D eigenvalue weighted by Gasteiger charge is -2.19. The molecule has 1 heterocycles. The van der Waals surface area contributed by atoms with Crippen LogP contribution in [0, 0.1) is 12.8 Å². The third-order valence-electron chi connectivity index (χ3n) is 3.14. The van der Waals surface area contributed by atoms with Crippen LogP contribution in [0.3, 0.4) is 0 Å². The second kappa shape index (κ2) is 7.79. The number of aryl methyl sites for hydroxylation is 1.